The van der Waals surface area contributed by atoms with E-state index in [-0.39, 0.29) is 0 Å². The van der Waals surface area contributed by atoms with Crippen molar-refractivity contribution in [2.24, 2.45) is 0 Å². The summed E-state index contributed by atoms with van der Waals surface area (Å²) in [6, 6.07) is 12.0. The molecule has 6 nitrogen and oxygen atoms in total. The standard InChI is InChI=1S/C15H15N5O/c21-14(15-16-11-17-18-15)7-6-13-8-9-20(19-13)10-12-4-2-1-3-5-12/h1-9,11,14,21H,10H2,(H,16,17,18). The van der Waals surface area contributed by atoms with Gasteiger partial charge in [-0.05, 0) is 23.8 Å². The summed E-state index contributed by atoms with van der Waals surface area (Å²) in [5, 5.41) is 20.6. The molecule has 0 aliphatic heterocycles. The van der Waals surface area contributed by atoms with Gasteiger partial charge >= 0.3 is 0 Å². The zero-order chi connectivity index (χ0) is 14.5. The lowest BCUT2D eigenvalue weighted by molar-refractivity contribution is 0.219. The fourth-order valence-corrected chi connectivity index (χ4v) is 1.96. The minimum Gasteiger partial charge on any atom is -0.381 e. The molecule has 0 amide bonds. The topological polar surface area (TPSA) is 79.6 Å². The molecule has 21 heavy (non-hydrogen) atoms. The monoisotopic (exact) mass is 281 g/mol. The van der Waals surface area contributed by atoms with Gasteiger partial charge in [-0.1, -0.05) is 30.3 Å². The van der Waals surface area contributed by atoms with Gasteiger partial charge in [0.2, 0.25) is 0 Å². The average Bonchev–Trinajstić information content (AvgIpc) is 3.17. The van der Waals surface area contributed by atoms with Crippen LogP contribution in [0.5, 0.6) is 0 Å². The smallest absolute Gasteiger partial charge is 0.157 e. The summed E-state index contributed by atoms with van der Waals surface area (Å²) in [6.07, 6.45) is 5.84. The number of rotatable bonds is 5. The van der Waals surface area contributed by atoms with Crippen LogP contribution in [0.25, 0.3) is 6.08 Å². The minimum atomic E-state index is -0.813. The average molecular weight is 281 g/mol. The van der Waals surface area contributed by atoms with E-state index in [0.29, 0.717) is 5.82 Å². The van der Waals surface area contributed by atoms with E-state index in [1.165, 1.54) is 11.9 Å². The molecule has 0 aliphatic rings. The molecular weight excluding hydrogens is 266 g/mol. The van der Waals surface area contributed by atoms with E-state index in [9.17, 15) is 5.11 Å². The van der Waals surface area contributed by atoms with Gasteiger partial charge in [-0.25, -0.2) is 4.98 Å². The molecule has 0 spiro atoms. The van der Waals surface area contributed by atoms with Crippen LogP contribution in [0.3, 0.4) is 0 Å². The van der Waals surface area contributed by atoms with Crippen LogP contribution in [-0.2, 0) is 6.54 Å². The fourth-order valence-electron chi connectivity index (χ4n) is 1.96. The Hall–Kier alpha value is -2.73. The minimum absolute atomic E-state index is 0.412. The highest BCUT2D eigenvalue weighted by Crippen LogP contribution is 2.10. The number of aromatic nitrogens is 5. The van der Waals surface area contributed by atoms with Crippen molar-refractivity contribution in [2.75, 3.05) is 0 Å². The first-order valence-corrected chi connectivity index (χ1v) is 6.60. The molecule has 1 atom stereocenters. The quantitative estimate of drug-likeness (QED) is 0.747. The van der Waals surface area contributed by atoms with Crippen molar-refractivity contribution in [3.05, 3.63) is 72.1 Å². The molecule has 0 fully saturated rings. The Kier molecular flexibility index (Phi) is 3.88. The number of aliphatic hydroxyl groups excluding tert-OH is 1. The van der Waals surface area contributed by atoms with Crippen LogP contribution < -0.4 is 0 Å². The van der Waals surface area contributed by atoms with Crippen molar-refractivity contribution in [3.63, 3.8) is 0 Å². The molecule has 106 valence electrons. The lowest BCUT2D eigenvalue weighted by atomic mass is 10.2. The molecule has 2 heterocycles. The molecule has 6 heteroatoms. The largest absolute Gasteiger partial charge is 0.381 e. The second kappa shape index (κ2) is 6.15. The number of hydrogen-bond donors (Lipinski definition) is 2. The summed E-state index contributed by atoms with van der Waals surface area (Å²) >= 11 is 0. The van der Waals surface area contributed by atoms with Crippen molar-refractivity contribution in [1.82, 2.24) is 25.0 Å². The zero-order valence-electron chi connectivity index (χ0n) is 11.3. The Labute approximate surface area is 121 Å². The second-order valence-electron chi connectivity index (χ2n) is 4.60. The number of benzene rings is 1. The third-order valence-corrected chi connectivity index (χ3v) is 3.01. The molecule has 0 saturated carbocycles. The Morgan fingerprint density at radius 3 is 2.86 bits per heavy atom. The number of aromatic amines is 1. The molecular formula is C15H15N5O. The molecule has 3 aromatic rings. The maximum atomic E-state index is 9.86. The molecule has 3 rings (SSSR count). The summed E-state index contributed by atoms with van der Waals surface area (Å²) < 4.78 is 1.86. The predicted molar refractivity (Wildman–Crippen MR) is 78.1 cm³/mol. The zero-order valence-corrected chi connectivity index (χ0v) is 11.3. The molecule has 1 unspecified atom stereocenters. The Bertz CT molecular complexity index is 703. The Morgan fingerprint density at radius 1 is 1.24 bits per heavy atom. The number of H-pyrrole nitrogens is 1. The fraction of sp³-hybridized carbons (Fsp3) is 0.133. The lowest BCUT2D eigenvalue weighted by Crippen LogP contribution is -2.00. The summed E-state index contributed by atoms with van der Waals surface area (Å²) in [6.45, 7) is 0.722. The first-order chi connectivity index (χ1) is 10.3. The third-order valence-electron chi connectivity index (χ3n) is 3.01. The number of nitrogens with zero attached hydrogens (tertiary/aromatic N) is 4. The maximum Gasteiger partial charge on any atom is 0.157 e. The molecule has 0 saturated heterocycles. The third kappa shape index (κ3) is 3.43. The first-order valence-electron chi connectivity index (χ1n) is 6.60. The van der Waals surface area contributed by atoms with E-state index in [2.05, 4.69) is 32.4 Å². The Balaban J connectivity index is 1.65. The highest BCUT2D eigenvalue weighted by atomic mass is 16.3. The van der Waals surface area contributed by atoms with Gasteiger partial charge < -0.3 is 5.11 Å². The van der Waals surface area contributed by atoms with Crippen LogP contribution in [0.4, 0.5) is 0 Å². The van der Waals surface area contributed by atoms with Crippen LogP contribution in [0.2, 0.25) is 0 Å². The SMILES string of the molecule is OC(C=Cc1ccn(Cc2ccccc2)n1)c1ncn[nH]1. The molecule has 2 aromatic heterocycles. The van der Waals surface area contributed by atoms with E-state index in [4.69, 9.17) is 0 Å². The van der Waals surface area contributed by atoms with Gasteiger partial charge in [-0.3, -0.25) is 9.78 Å². The second-order valence-corrected chi connectivity index (χ2v) is 4.60. The van der Waals surface area contributed by atoms with Crippen LogP contribution >= 0.6 is 0 Å². The van der Waals surface area contributed by atoms with Crippen molar-refractivity contribution in [1.29, 1.82) is 0 Å². The highest BCUT2D eigenvalue weighted by Gasteiger charge is 2.06. The van der Waals surface area contributed by atoms with Crippen LogP contribution in [0.1, 0.15) is 23.2 Å². The van der Waals surface area contributed by atoms with Gasteiger partial charge in [0.1, 0.15) is 12.4 Å². The first kappa shape index (κ1) is 13.3. The van der Waals surface area contributed by atoms with Crippen LogP contribution in [0, 0.1) is 0 Å². The van der Waals surface area contributed by atoms with Crippen molar-refractivity contribution >= 4 is 6.08 Å². The van der Waals surface area contributed by atoms with Crippen LogP contribution in [-0.4, -0.2) is 30.1 Å². The molecule has 0 radical (unpaired) electrons. The maximum absolute atomic E-state index is 9.86. The molecule has 2 N–H and O–H groups in total. The summed E-state index contributed by atoms with van der Waals surface area (Å²) in [5.74, 6) is 0.412. The van der Waals surface area contributed by atoms with E-state index in [1.54, 1.807) is 12.2 Å². The van der Waals surface area contributed by atoms with Crippen molar-refractivity contribution < 1.29 is 5.11 Å². The van der Waals surface area contributed by atoms with Gasteiger partial charge in [-0.15, -0.1) is 0 Å². The van der Waals surface area contributed by atoms with E-state index >= 15 is 0 Å². The van der Waals surface area contributed by atoms with E-state index < -0.39 is 6.10 Å². The number of hydrogen-bond acceptors (Lipinski definition) is 4. The van der Waals surface area contributed by atoms with Crippen LogP contribution in [0.15, 0.2) is 55.0 Å². The molecule has 1 aromatic carbocycles. The number of nitrogens with one attached hydrogen (secondary N) is 1. The Morgan fingerprint density at radius 2 is 2.10 bits per heavy atom. The van der Waals surface area contributed by atoms with Gasteiger partial charge in [0.25, 0.3) is 0 Å². The van der Waals surface area contributed by atoms with Gasteiger partial charge in [0, 0.05) is 6.20 Å². The van der Waals surface area contributed by atoms with Gasteiger partial charge in [0.05, 0.1) is 12.2 Å². The highest BCUT2D eigenvalue weighted by molar-refractivity contribution is 5.44. The van der Waals surface area contributed by atoms with Crippen molar-refractivity contribution in [2.45, 2.75) is 12.6 Å². The normalized spacial score (nSPS) is 12.8. The van der Waals surface area contributed by atoms with Gasteiger partial charge in [0.15, 0.2) is 5.82 Å². The molecule has 0 bridgehead atoms. The summed E-state index contributed by atoms with van der Waals surface area (Å²) in [5.41, 5.74) is 1.97. The lowest BCUT2D eigenvalue weighted by Gasteiger charge is -2.01. The van der Waals surface area contributed by atoms with Crippen molar-refractivity contribution in [3.8, 4) is 0 Å². The predicted octanol–water partition coefficient (Wildman–Crippen LogP) is 1.80. The van der Waals surface area contributed by atoms with E-state index in [1.807, 2.05) is 35.1 Å². The van der Waals surface area contributed by atoms with E-state index in [0.717, 1.165) is 12.2 Å². The molecule has 0 aliphatic carbocycles. The number of aliphatic hydroxyl groups is 1. The van der Waals surface area contributed by atoms with Gasteiger partial charge in [-0.2, -0.15) is 10.2 Å². The summed E-state index contributed by atoms with van der Waals surface area (Å²) in [4.78, 5) is 3.90. The summed E-state index contributed by atoms with van der Waals surface area (Å²) in [7, 11) is 0.